The van der Waals surface area contributed by atoms with Crippen LogP contribution in [0, 0.1) is 0 Å². The molecule has 2 aromatic heterocycles. The van der Waals surface area contributed by atoms with E-state index in [0.717, 1.165) is 24.2 Å². The van der Waals surface area contributed by atoms with E-state index in [1.165, 1.54) is 4.90 Å². The molecule has 3 heterocycles. The summed E-state index contributed by atoms with van der Waals surface area (Å²) >= 11 is 0. The number of anilines is 1. The van der Waals surface area contributed by atoms with Crippen molar-refractivity contribution in [2.45, 2.75) is 25.8 Å². The minimum Gasteiger partial charge on any atom is -0.494 e. The van der Waals surface area contributed by atoms with Gasteiger partial charge in [0, 0.05) is 6.20 Å². The minimum absolute atomic E-state index is 0.0626. The van der Waals surface area contributed by atoms with Crippen LogP contribution in [0.4, 0.5) is 5.82 Å². The molecule has 0 spiro atoms. The summed E-state index contributed by atoms with van der Waals surface area (Å²) in [4.78, 5) is 32.8. The molecule has 4 aromatic rings. The molecule has 5 rings (SSSR count). The van der Waals surface area contributed by atoms with Gasteiger partial charge in [0.15, 0.2) is 5.43 Å². The molecule has 1 atom stereocenters. The zero-order chi connectivity index (χ0) is 22.1. The Morgan fingerprint density at radius 1 is 1.00 bits per heavy atom. The summed E-state index contributed by atoms with van der Waals surface area (Å²) < 4.78 is 11.7. The highest BCUT2D eigenvalue weighted by molar-refractivity contribution is 6.10. The molecule has 1 aliphatic rings. The molecule has 0 saturated heterocycles. The molecule has 0 radical (unpaired) electrons. The molecule has 2 aromatic carbocycles. The molecule has 0 bridgehead atoms. The quantitative estimate of drug-likeness (QED) is 0.400. The number of para-hydroxylation sites is 1. The predicted octanol–water partition coefficient (Wildman–Crippen LogP) is 5.12. The van der Waals surface area contributed by atoms with Crippen LogP contribution in [0.25, 0.3) is 11.0 Å². The maximum atomic E-state index is 13.5. The van der Waals surface area contributed by atoms with Gasteiger partial charge in [-0.1, -0.05) is 43.7 Å². The number of benzene rings is 2. The second kappa shape index (κ2) is 8.30. The van der Waals surface area contributed by atoms with Gasteiger partial charge >= 0.3 is 0 Å². The maximum Gasteiger partial charge on any atom is 0.296 e. The van der Waals surface area contributed by atoms with Crippen LogP contribution in [0.15, 0.2) is 82.1 Å². The Balaban J connectivity index is 1.66. The van der Waals surface area contributed by atoms with Crippen LogP contribution in [0.1, 0.15) is 47.5 Å². The number of carbonyl (C=O) groups is 1. The van der Waals surface area contributed by atoms with Crippen molar-refractivity contribution in [3.8, 4) is 5.75 Å². The number of hydrogen-bond acceptors (Lipinski definition) is 5. The van der Waals surface area contributed by atoms with Gasteiger partial charge in [0.1, 0.15) is 17.2 Å². The summed E-state index contributed by atoms with van der Waals surface area (Å²) in [6.45, 7) is 2.76. The first-order chi connectivity index (χ1) is 15.7. The second-order valence-corrected chi connectivity index (χ2v) is 7.71. The van der Waals surface area contributed by atoms with Crippen molar-refractivity contribution >= 4 is 22.7 Å². The molecular weight excluding hydrogens is 404 g/mol. The van der Waals surface area contributed by atoms with E-state index < -0.39 is 6.04 Å². The molecule has 0 saturated carbocycles. The number of hydrogen-bond donors (Lipinski definition) is 0. The Hall–Kier alpha value is -3.93. The maximum absolute atomic E-state index is 13.5. The number of pyridine rings is 1. The Bertz CT molecular complexity index is 1330. The molecular formula is C26H22N2O4. The fraction of sp³-hybridized carbons (Fsp3) is 0.192. The number of ether oxygens (including phenoxy) is 1. The van der Waals surface area contributed by atoms with Crippen LogP contribution in [-0.2, 0) is 0 Å². The lowest BCUT2D eigenvalue weighted by molar-refractivity contribution is 0.0970. The van der Waals surface area contributed by atoms with E-state index in [1.807, 2.05) is 30.3 Å². The van der Waals surface area contributed by atoms with E-state index in [9.17, 15) is 9.59 Å². The molecule has 1 aliphatic heterocycles. The van der Waals surface area contributed by atoms with E-state index >= 15 is 0 Å². The average Bonchev–Trinajstić information content (AvgIpc) is 3.13. The zero-order valence-electron chi connectivity index (χ0n) is 17.7. The van der Waals surface area contributed by atoms with Crippen LogP contribution in [0.2, 0.25) is 0 Å². The summed E-state index contributed by atoms with van der Waals surface area (Å²) in [6, 6.07) is 19.2. The van der Waals surface area contributed by atoms with Crippen molar-refractivity contribution in [1.82, 2.24) is 4.98 Å². The Morgan fingerprint density at radius 2 is 1.78 bits per heavy atom. The SMILES string of the molecule is CCCCOc1ccc(C2c3c(oc4ccccc4c3=O)C(=O)N2c2ccccn2)cc1. The molecule has 32 heavy (non-hydrogen) atoms. The van der Waals surface area contributed by atoms with Crippen molar-refractivity contribution in [1.29, 1.82) is 0 Å². The second-order valence-electron chi connectivity index (χ2n) is 7.71. The van der Waals surface area contributed by atoms with E-state index in [4.69, 9.17) is 9.15 Å². The van der Waals surface area contributed by atoms with Crippen LogP contribution < -0.4 is 15.1 Å². The largest absolute Gasteiger partial charge is 0.494 e. The van der Waals surface area contributed by atoms with Crippen LogP contribution in [0.5, 0.6) is 5.75 Å². The van der Waals surface area contributed by atoms with Gasteiger partial charge < -0.3 is 9.15 Å². The predicted molar refractivity (Wildman–Crippen MR) is 122 cm³/mol. The number of nitrogens with zero attached hydrogens (tertiary/aromatic N) is 2. The number of carbonyl (C=O) groups excluding carboxylic acids is 1. The van der Waals surface area contributed by atoms with Crippen molar-refractivity contribution in [2.75, 3.05) is 11.5 Å². The minimum atomic E-state index is -0.641. The molecule has 6 nitrogen and oxygen atoms in total. The van der Waals surface area contributed by atoms with Gasteiger partial charge in [0.25, 0.3) is 5.91 Å². The normalized spacial score (nSPS) is 15.2. The molecule has 6 heteroatoms. The van der Waals surface area contributed by atoms with Crippen molar-refractivity contribution in [2.24, 2.45) is 0 Å². The lowest BCUT2D eigenvalue weighted by Crippen LogP contribution is -2.30. The zero-order valence-corrected chi connectivity index (χ0v) is 17.7. The first-order valence-electron chi connectivity index (χ1n) is 10.7. The number of rotatable bonds is 6. The highest BCUT2D eigenvalue weighted by Gasteiger charge is 2.44. The highest BCUT2D eigenvalue weighted by Crippen LogP contribution is 2.40. The number of aromatic nitrogens is 1. The first kappa shape index (κ1) is 20.0. The molecule has 0 fully saturated rings. The van der Waals surface area contributed by atoms with Gasteiger partial charge in [-0.15, -0.1) is 0 Å². The summed E-state index contributed by atoms with van der Waals surface area (Å²) in [6.07, 6.45) is 3.66. The topological polar surface area (TPSA) is 72.6 Å². The summed E-state index contributed by atoms with van der Waals surface area (Å²) in [7, 11) is 0. The van der Waals surface area contributed by atoms with E-state index in [0.29, 0.717) is 29.0 Å². The fourth-order valence-corrected chi connectivity index (χ4v) is 4.05. The Kier molecular flexibility index (Phi) is 5.19. The summed E-state index contributed by atoms with van der Waals surface area (Å²) in [5.41, 5.74) is 1.31. The first-order valence-corrected chi connectivity index (χ1v) is 10.7. The Morgan fingerprint density at radius 3 is 2.53 bits per heavy atom. The van der Waals surface area contributed by atoms with E-state index in [1.54, 1.807) is 42.6 Å². The summed E-state index contributed by atoms with van der Waals surface area (Å²) in [5, 5.41) is 0.450. The van der Waals surface area contributed by atoms with Crippen LogP contribution in [0.3, 0.4) is 0 Å². The van der Waals surface area contributed by atoms with Gasteiger partial charge in [-0.2, -0.15) is 0 Å². The van der Waals surface area contributed by atoms with Crippen LogP contribution in [-0.4, -0.2) is 17.5 Å². The fourth-order valence-electron chi connectivity index (χ4n) is 4.05. The molecule has 1 unspecified atom stereocenters. The molecule has 1 amide bonds. The lowest BCUT2D eigenvalue weighted by Gasteiger charge is -2.24. The smallest absolute Gasteiger partial charge is 0.296 e. The monoisotopic (exact) mass is 426 g/mol. The average molecular weight is 426 g/mol. The molecule has 0 N–H and O–H groups in total. The Labute approximate surface area is 185 Å². The highest BCUT2D eigenvalue weighted by atomic mass is 16.5. The van der Waals surface area contributed by atoms with E-state index in [-0.39, 0.29) is 17.1 Å². The van der Waals surface area contributed by atoms with Crippen molar-refractivity contribution in [3.05, 3.63) is 100 Å². The lowest BCUT2D eigenvalue weighted by atomic mass is 9.98. The van der Waals surface area contributed by atoms with Gasteiger partial charge in [0.05, 0.1) is 23.6 Å². The standard InChI is InChI=1S/C26H22N2O4/c1-2-3-16-31-18-13-11-17(12-14-18)23-22-24(29)19-8-4-5-9-20(19)32-25(22)26(30)28(23)21-10-6-7-15-27-21/h4-15,23H,2-3,16H2,1H3. The van der Waals surface area contributed by atoms with Gasteiger partial charge in [-0.05, 0) is 48.4 Å². The molecule has 0 aliphatic carbocycles. The summed E-state index contributed by atoms with van der Waals surface area (Å²) in [5.74, 6) is 0.893. The van der Waals surface area contributed by atoms with Crippen molar-refractivity contribution in [3.63, 3.8) is 0 Å². The van der Waals surface area contributed by atoms with Crippen molar-refractivity contribution < 1.29 is 13.9 Å². The van der Waals surface area contributed by atoms with Gasteiger partial charge in [-0.3, -0.25) is 14.5 Å². The molecule has 160 valence electrons. The third-order valence-corrected chi connectivity index (χ3v) is 5.64. The van der Waals surface area contributed by atoms with Crippen LogP contribution >= 0.6 is 0 Å². The number of unbranched alkanes of at least 4 members (excludes halogenated alkanes) is 1. The van der Waals surface area contributed by atoms with E-state index in [2.05, 4.69) is 11.9 Å². The van der Waals surface area contributed by atoms with Gasteiger partial charge in [-0.25, -0.2) is 4.98 Å². The van der Waals surface area contributed by atoms with Gasteiger partial charge in [0.2, 0.25) is 5.76 Å². The third-order valence-electron chi connectivity index (χ3n) is 5.64. The third kappa shape index (κ3) is 3.34. The number of fused-ring (bicyclic) bond motifs is 2. The number of amides is 1.